The normalized spacial score (nSPS) is 13.8. The number of nitrogens with zero attached hydrogens (tertiary/aromatic N) is 3. The number of hydrogen-bond acceptors (Lipinski definition) is 5. The Kier molecular flexibility index (Phi) is 4.64. The summed E-state index contributed by atoms with van der Waals surface area (Å²) in [6.45, 7) is 2.19. The van der Waals surface area contributed by atoms with Crippen LogP contribution in [0, 0.1) is 0 Å². The lowest BCUT2D eigenvalue weighted by Gasteiger charge is -2.17. The highest BCUT2D eigenvalue weighted by molar-refractivity contribution is 6.00. The summed E-state index contributed by atoms with van der Waals surface area (Å²) in [6, 6.07) is 17.6. The summed E-state index contributed by atoms with van der Waals surface area (Å²) in [7, 11) is 0. The summed E-state index contributed by atoms with van der Waals surface area (Å²) in [6.07, 6.45) is 2.98. The van der Waals surface area contributed by atoms with Gasteiger partial charge in [0.15, 0.2) is 0 Å². The molecule has 2 aromatic carbocycles. The third kappa shape index (κ3) is 3.74. The van der Waals surface area contributed by atoms with E-state index in [1.807, 2.05) is 54.6 Å². The summed E-state index contributed by atoms with van der Waals surface area (Å²) in [5.74, 6) is -0.00369. The van der Waals surface area contributed by atoms with Crippen LogP contribution in [-0.2, 0) is 6.42 Å². The van der Waals surface area contributed by atoms with Crippen molar-refractivity contribution in [1.82, 2.24) is 10.2 Å². The first kappa shape index (κ1) is 16.3. The smallest absolute Gasteiger partial charge is 0.313 e. The molecule has 0 spiro atoms. The number of carbonyl (C=O) groups is 1. The van der Waals surface area contributed by atoms with Crippen LogP contribution in [0.3, 0.4) is 0 Å². The first-order valence-electron chi connectivity index (χ1n) is 8.80. The van der Waals surface area contributed by atoms with E-state index in [0.29, 0.717) is 18.0 Å². The maximum atomic E-state index is 12.3. The van der Waals surface area contributed by atoms with Gasteiger partial charge in [-0.3, -0.25) is 4.79 Å². The van der Waals surface area contributed by atoms with E-state index in [1.165, 1.54) is 18.5 Å². The second-order valence-corrected chi connectivity index (χ2v) is 6.36. The number of benzene rings is 2. The fraction of sp³-hybridized carbons (Fsp3) is 0.250. The summed E-state index contributed by atoms with van der Waals surface area (Å²) in [5.41, 5.74) is 2.95. The Bertz CT molecular complexity index is 868. The topological polar surface area (TPSA) is 71.3 Å². The fourth-order valence-electron chi connectivity index (χ4n) is 3.10. The van der Waals surface area contributed by atoms with E-state index < -0.39 is 5.91 Å². The number of anilines is 2. The van der Waals surface area contributed by atoms with E-state index in [2.05, 4.69) is 20.4 Å². The van der Waals surface area contributed by atoms with Crippen molar-refractivity contribution in [2.45, 2.75) is 19.3 Å². The Morgan fingerprint density at radius 1 is 1.00 bits per heavy atom. The minimum absolute atomic E-state index is 0.0282. The Labute approximate surface area is 151 Å². The lowest BCUT2D eigenvalue weighted by atomic mass is 10.2. The maximum absolute atomic E-state index is 12.3. The molecular weight excluding hydrogens is 328 g/mol. The molecule has 1 fully saturated rings. The quantitative estimate of drug-likeness (QED) is 0.764. The van der Waals surface area contributed by atoms with Crippen molar-refractivity contribution in [1.29, 1.82) is 0 Å². The monoisotopic (exact) mass is 348 g/mol. The van der Waals surface area contributed by atoms with E-state index >= 15 is 0 Å². The summed E-state index contributed by atoms with van der Waals surface area (Å²) < 4.78 is 5.48. The molecule has 2 heterocycles. The summed E-state index contributed by atoms with van der Waals surface area (Å²) >= 11 is 0. The molecule has 0 saturated carbocycles. The molecule has 132 valence electrons. The second-order valence-electron chi connectivity index (χ2n) is 6.36. The molecular formula is C20H20N4O2. The van der Waals surface area contributed by atoms with Crippen molar-refractivity contribution in [3.05, 3.63) is 71.9 Å². The first-order valence-corrected chi connectivity index (χ1v) is 8.80. The van der Waals surface area contributed by atoms with Crippen molar-refractivity contribution in [3.8, 4) is 0 Å². The molecule has 1 aliphatic heterocycles. The third-order valence-electron chi connectivity index (χ3n) is 4.46. The average Bonchev–Trinajstić information content (AvgIpc) is 3.35. The zero-order valence-electron chi connectivity index (χ0n) is 14.4. The Balaban J connectivity index is 1.38. The van der Waals surface area contributed by atoms with Crippen molar-refractivity contribution in [2.24, 2.45) is 0 Å². The van der Waals surface area contributed by atoms with Gasteiger partial charge in [0.25, 0.3) is 0 Å². The predicted molar refractivity (Wildman–Crippen MR) is 99.4 cm³/mol. The van der Waals surface area contributed by atoms with Crippen LogP contribution < -0.4 is 10.2 Å². The molecule has 6 nitrogen and oxygen atoms in total. The first-order chi connectivity index (χ1) is 12.8. The number of amides is 1. The molecule has 1 aliphatic rings. The van der Waals surface area contributed by atoms with Gasteiger partial charge < -0.3 is 14.6 Å². The molecule has 1 aromatic heterocycles. The largest absolute Gasteiger partial charge is 0.417 e. The van der Waals surface area contributed by atoms with E-state index in [0.717, 1.165) is 18.7 Å². The number of nitrogens with one attached hydrogen (secondary N) is 1. The van der Waals surface area contributed by atoms with Crippen molar-refractivity contribution in [2.75, 3.05) is 23.3 Å². The van der Waals surface area contributed by atoms with Crippen LogP contribution in [0.5, 0.6) is 0 Å². The summed E-state index contributed by atoms with van der Waals surface area (Å²) in [5, 5.41) is 10.6. The van der Waals surface area contributed by atoms with Crippen LogP contribution in [0.25, 0.3) is 0 Å². The van der Waals surface area contributed by atoms with Gasteiger partial charge in [-0.1, -0.05) is 30.3 Å². The third-order valence-corrected chi connectivity index (χ3v) is 4.46. The van der Waals surface area contributed by atoms with E-state index in [-0.39, 0.29) is 5.89 Å². The molecule has 0 radical (unpaired) electrons. The van der Waals surface area contributed by atoms with Gasteiger partial charge in [-0.25, -0.2) is 0 Å². The standard InChI is InChI=1S/C20H20N4O2/c25-19(20-23-22-18(26-20)14-15-6-2-1-3-7-15)21-16-8-10-17(11-9-16)24-12-4-5-13-24/h1-3,6-11H,4-5,12-14H2,(H,21,25). The highest BCUT2D eigenvalue weighted by atomic mass is 16.4. The summed E-state index contributed by atoms with van der Waals surface area (Å²) in [4.78, 5) is 14.6. The van der Waals surface area contributed by atoms with Gasteiger partial charge >= 0.3 is 11.8 Å². The maximum Gasteiger partial charge on any atom is 0.313 e. The molecule has 26 heavy (non-hydrogen) atoms. The van der Waals surface area contributed by atoms with Gasteiger partial charge in [-0.2, -0.15) is 0 Å². The average molecular weight is 348 g/mol. The molecule has 0 atom stereocenters. The number of aromatic nitrogens is 2. The van der Waals surface area contributed by atoms with Gasteiger partial charge in [0.2, 0.25) is 5.89 Å². The van der Waals surface area contributed by atoms with Crippen molar-refractivity contribution in [3.63, 3.8) is 0 Å². The van der Waals surface area contributed by atoms with E-state index in [1.54, 1.807) is 0 Å². The Morgan fingerprint density at radius 2 is 1.73 bits per heavy atom. The van der Waals surface area contributed by atoms with Crippen LogP contribution in [0.2, 0.25) is 0 Å². The predicted octanol–water partition coefficient (Wildman–Crippen LogP) is 3.51. The van der Waals surface area contributed by atoms with Gasteiger partial charge in [0.05, 0.1) is 6.42 Å². The molecule has 1 saturated heterocycles. The van der Waals surface area contributed by atoms with Gasteiger partial charge in [-0.05, 0) is 42.7 Å². The Hall–Kier alpha value is -3.15. The lowest BCUT2D eigenvalue weighted by molar-refractivity contribution is 0.0988. The molecule has 4 rings (SSSR count). The van der Waals surface area contributed by atoms with Gasteiger partial charge in [0.1, 0.15) is 0 Å². The highest BCUT2D eigenvalue weighted by Gasteiger charge is 2.16. The molecule has 0 unspecified atom stereocenters. The number of carbonyl (C=O) groups excluding carboxylic acids is 1. The van der Waals surface area contributed by atoms with E-state index in [9.17, 15) is 4.79 Å². The van der Waals surface area contributed by atoms with Crippen molar-refractivity contribution >= 4 is 17.3 Å². The van der Waals surface area contributed by atoms with Crippen LogP contribution in [0.1, 0.15) is 35.0 Å². The second kappa shape index (κ2) is 7.39. The molecule has 0 aliphatic carbocycles. The Morgan fingerprint density at radius 3 is 2.46 bits per heavy atom. The lowest BCUT2D eigenvalue weighted by Crippen LogP contribution is -2.17. The van der Waals surface area contributed by atoms with Gasteiger partial charge in [0, 0.05) is 24.5 Å². The molecule has 1 amide bonds. The number of hydrogen-bond donors (Lipinski definition) is 1. The molecule has 1 N–H and O–H groups in total. The van der Waals surface area contributed by atoms with Crippen LogP contribution >= 0.6 is 0 Å². The highest BCUT2D eigenvalue weighted by Crippen LogP contribution is 2.22. The minimum Gasteiger partial charge on any atom is -0.417 e. The van der Waals surface area contributed by atoms with Gasteiger partial charge in [-0.15, -0.1) is 10.2 Å². The zero-order chi connectivity index (χ0) is 17.8. The van der Waals surface area contributed by atoms with Crippen LogP contribution in [0.4, 0.5) is 11.4 Å². The van der Waals surface area contributed by atoms with E-state index in [4.69, 9.17) is 4.42 Å². The fourth-order valence-corrected chi connectivity index (χ4v) is 3.10. The van der Waals surface area contributed by atoms with Crippen LogP contribution in [0.15, 0.2) is 59.0 Å². The SMILES string of the molecule is O=C(Nc1ccc(N2CCCC2)cc1)c1nnc(Cc2ccccc2)o1. The minimum atomic E-state index is -0.397. The number of rotatable bonds is 5. The zero-order valence-corrected chi connectivity index (χ0v) is 14.4. The van der Waals surface area contributed by atoms with Crippen LogP contribution in [-0.4, -0.2) is 29.2 Å². The molecule has 0 bridgehead atoms. The van der Waals surface area contributed by atoms with Crippen molar-refractivity contribution < 1.29 is 9.21 Å². The molecule has 3 aromatic rings. The molecule has 6 heteroatoms.